The zero-order chi connectivity index (χ0) is 12.5. The van der Waals surface area contributed by atoms with E-state index in [1.54, 1.807) is 12.1 Å². The predicted molar refractivity (Wildman–Crippen MR) is 58.7 cm³/mol. The van der Waals surface area contributed by atoms with Crippen LogP contribution in [0.2, 0.25) is 0 Å². The van der Waals surface area contributed by atoms with Gasteiger partial charge in [-0.2, -0.15) is 8.42 Å². The first-order chi connectivity index (χ1) is 7.99. The fraction of sp³-hybridized carbons (Fsp3) is 0.455. The second-order valence-electron chi connectivity index (χ2n) is 3.70. The van der Waals surface area contributed by atoms with Gasteiger partial charge in [0.15, 0.2) is 0 Å². The van der Waals surface area contributed by atoms with Gasteiger partial charge in [-0.3, -0.25) is 4.18 Å². The summed E-state index contributed by atoms with van der Waals surface area (Å²) in [6.07, 6.45) is -0.277. The minimum atomic E-state index is -3.79. The summed E-state index contributed by atoms with van der Waals surface area (Å²) < 4.78 is 41.2. The van der Waals surface area contributed by atoms with Crippen LogP contribution in [0, 0.1) is 6.92 Å². The molecule has 1 aromatic carbocycles. The van der Waals surface area contributed by atoms with Crippen molar-refractivity contribution >= 4 is 10.1 Å². The van der Waals surface area contributed by atoms with Gasteiger partial charge in [0, 0.05) is 13.0 Å². The Kier molecular flexibility index (Phi) is 2.90. The summed E-state index contributed by atoms with van der Waals surface area (Å²) in [5.41, 5.74) is 0.978. The molecule has 1 aromatic rings. The molecule has 2 atom stereocenters. The van der Waals surface area contributed by atoms with Crippen molar-refractivity contribution in [3.8, 4) is 0 Å². The average Bonchev–Trinajstić information content (AvgIpc) is 2.64. The molecule has 0 aliphatic carbocycles. The summed E-state index contributed by atoms with van der Waals surface area (Å²) in [7, 11) is -3.79. The normalized spacial score (nSPS) is 26.7. The quantitative estimate of drug-likeness (QED) is 0.755. The van der Waals surface area contributed by atoms with Crippen LogP contribution in [0.5, 0.6) is 0 Å². The van der Waals surface area contributed by atoms with Crippen LogP contribution in [0.15, 0.2) is 29.2 Å². The molecule has 0 bridgehead atoms. The third kappa shape index (κ3) is 2.61. The summed E-state index contributed by atoms with van der Waals surface area (Å²) in [6, 6.07) is 6.41. The molecule has 5 heteroatoms. The van der Waals surface area contributed by atoms with E-state index in [9.17, 15) is 8.42 Å². The maximum absolute atomic E-state index is 11.9. The Balaban J connectivity index is 2.16. The number of hydrogen-bond acceptors (Lipinski definition) is 4. The first kappa shape index (κ1) is 10.3. The Morgan fingerprint density at radius 2 is 2.12 bits per heavy atom. The van der Waals surface area contributed by atoms with E-state index in [0.29, 0.717) is 13.0 Å². The molecule has 1 fully saturated rings. The summed E-state index contributed by atoms with van der Waals surface area (Å²) in [5.74, 6) is 0. The van der Waals surface area contributed by atoms with Gasteiger partial charge >= 0.3 is 0 Å². The molecule has 0 saturated carbocycles. The molecule has 0 N–H and O–H groups in total. The molecule has 16 heavy (non-hydrogen) atoms. The van der Waals surface area contributed by atoms with Crippen molar-refractivity contribution in [2.45, 2.75) is 24.3 Å². The minimum Gasteiger partial charge on any atom is -0.379 e. The molecule has 0 radical (unpaired) electrons. The van der Waals surface area contributed by atoms with E-state index in [4.69, 9.17) is 10.3 Å². The summed E-state index contributed by atoms with van der Waals surface area (Å²) in [4.78, 5) is 0.113. The minimum absolute atomic E-state index is 0.113. The highest BCUT2D eigenvalue weighted by atomic mass is 32.2. The second-order valence-corrected chi connectivity index (χ2v) is 5.27. The molecule has 0 spiro atoms. The van der Waals surface area contributed by atoms with Gasteiger partial charge in [0.05, 0.1) is 12.8 Å². The monoisotopic (exact) mass is 243 g/mol. The van der Waals surface area contributed by atoms with Gasteiger partial charge in [-0.25, -0.2) is 0 Å². The zero-order valence-electron chi connectivity index (χ0n) is 9.92. The molecule has 0 aromatic heterocycles. The van der Waals surface area contributed by atoms with Crippen LogP contribution >= 0.6 is 0 Å². The average molecular weight is 243 g/mol. The molecular formula is C11H14O4S. The molecule has 4 nitrogen and oxygen atoms in total. The first-order valence-electron chi connectivity index (χ1n) is 5.60. The van der Waals surface area contributed by atoms with Gasteiger partial charge in [0.2, 0.25) is 0 Å². The van der Waals surface area contributed by atoms with Crippen molar-refractivity contribution in [3.05, 3.63) is 29.8 Å². The van der Waals surface area contributed by atoms with E-state index in [1.165, 1.54) is 12.1 Å². The van der Waals surface area contributed by atoms with Gasteiger partial charge in [0.25, 0.3) is 10.1 Å². The van der Waals surface area contributed by atoms with Gasteiger partial charge in [-0.15, -0.1) is 0 Å². The molecule has 88 valence electrons. The van der Waals surface area contributed by atoms with Crippen molar-refractivity contribution in [2.24, 2.45) is 0 Å². The lowest BCUT2D eigenvalue weighted by molar-refractivity contribution is 0.145. The van der Waals surface area contributed by atoms with Crippen LogP contribution in [-0.4, -0.2) is 27.7 Å². The lowest BCUT2D eigenvalue weighted by atomic mass is 10.2. The molecule has 1 aliphatic rings. The van der Waals surface area contributed by atoms with Crippen molar-refractivity contribution in [1.29, 1.82) is 0 Å². The molecular weight excluding hydrogens is 228 g/mol. The fourth-order valence-electron chi connectivity index (χ4n) is 1.42. The van der Waals surface area contributed by atoms with E-state index in [-0.39, 0.29) is 4.90 Å². The molecule has 2 rings (SSSR count). The predicted octanol–water partition coefficient (Wildman–Crippen LogP) is 1.49. The summed E-state index contributed by atoms with van der Waals surface area (Å²) in [6.45, 7) is 1.32. The summed E-state index contributed by atoms with van der Waals surface area (Å²) in [5, 5.41) is 0. The van der Waals surface area contributed by atoms with Crippen LogP contribution in [0.1, 0.15) is 13.4 Å². The Morgan fingerprint density at radius 3 is 2.69 bits per heavy atom. The van der Waals surface area contributed by atoms with Crippen molar-refractivity contribution in [1.82, 2.24) is 0 Å². The highest BCUT2D eigenvalue weighted by Gasteiger charge is 2.24. The van der Waals surface area contributed by atoms with Gasteiger partial charge in [0.1, 0.15) is 6.10 Å². The summed E-state index contributed by atoms with van der Waals surface area (Å²) >= 11 is 0. The van der Waals surface area contributed by atoms with Gasteiger partial charge < -0.3 is 4.74 Å². The number of aryl methyl sites for hydroxylation is 1. The van der Waals surface area contributed by atoms with Crippen molar-refractivity contribution < 1.29 is 18.7 Å². The topological polar surface area (TPSA) is 52.6 Å². The maximum Gasteiger partial charge on any atom is 0.297 e. The van der Waals surface area contributed by atoms with Crippen LogP contribution in [0.3, 0.4) is 0 Å². The molecule has 0 amide bonds. The van der Waals surface area contributed by atoms with Crippen molar-refractivity contribution in [2.75, 3.05) is 13.2 Å². The number of hydrogen-bond donors (Lipinski definition) is 0. The number of benzene rings is 1. The Bertz CT molecular complexity index is 483. The Hall–Kier alpha value is -0.910. The maximum atomic E-state index is 11.9. The smallest absolute Gasteiger partial charge is 0.297 e. The van der Waals surface area contributed by atoms with E-state index in [2.05, 4.69) is 0 Å². The Morgan fingerprint density at radius 1 is 1.44 bits per heavy atom. The standard InChI is InChI=1S/C11H14O4S/c1-9-2-4-11(5-3-9)16(12,13)15-10-6-7-14-8-10/h2-5,10H,6-8H2,1H3/t10-/m1/s1/i8D/t8?,10-. The molecule has 1 unspecified atom stereocenters. The van der Waals surface area contributed by atoms with E-state index < -0.39 is 22.8 Å². The van der Waals surface area contributed by atoms with E-state index in [1.807, 2.05) is 6.92 Å². The van der Waals surface area contributed by atoms with Crippen LogP contribution < -0.4 is 0 Å². The highest BCUT2D eigenvalue weighted by Crippen LogP contribution is 2.18. The first-order valence-corrected chi connectivity index (χ1v) is 6.44. The van der Waals surface area contributed by atoms with Gasteiger partial charge in [-0.05, 0) is 19.1 Å². The lowest BCUT2D eigenvalue weighted by Gasteiger charge is -2.10. The Labute approximate surface area is 96.7 Å². The third-order valence-corrected chi connectivity index (χ3v) is 3.68. The third-order valence-electron chi connectivity index (χ3n) is 2.33. The number of ether oxygens (including phenoxy) is 1. The van der Waals surface area contributed by atoms with Gasteiger partial charge in [-0.1, -0.05) is 17.7 Å². The van der Waals surface area contributed by atoms with E-state index >= 15 is 0 Å². The largest absolute Gasteiger partial charge is 0.379 e. The molecule has 1 saturated heterocycles. The molecule has 1 heterocycles. The SMILES string of the molecule is [2H]C1OCC[C@H]1OS(=O)(=O)c1ccc(C)cc1. The number of rotatable bonds is 3. The second kappa shape index (κ2) is 4.53. The fourth-order valence-corrected chi connectivity index (χ4v) is 2.47. The lowest BCUT2D eigenvalue weighted by Crippen LogP contribution is -2.18. The van der Waals surface area contributed by atoms with Crippen LogP contribution in [0.4, 0.5) is 0 Å². The van der Waals surface area contributed by atoms with Crippen LogP contribution in [-0.2, 0) is 19.0 Å². The van der Waals surface area contributed by atoms with Crippen LogP contribution in [0.25, 0.3) is 0 Å². The van der Waals surface area contributed by atoms with Crippen molar-refractivity contribution in [3.63, 3.8) is 0 Å². The zero-order valence-corrected chi connectivity index (χ0v) is 9.74. The molecule has 1 aliphatic heterocycles. The van der Waals surface area contributed by atoms with E-state index in [0.717, 1.165) is 5.56 Å². The highest BCUT2D eigenvalue weighted by molar-refractivity contribution is 7.86.